The van der Waals surface area contributed by atoms with Crippen molar-refractivity contribution in [3.05, 3.63) is 47.6 Å². The van der Waals surface area contributed by atoms with Gasteiger partial charge in [-0.1, -0.05) is 0 Å². The summed E-state index contributed by atoms with van der Waals surface area (Å²) >= 11 is -0.949. The molecular formula is C11H11ClHf. The summed E-state index contributed by atoms with van der Waals surface area (Å²) in [4.78, 5) is 0. The maximum absolute atomic E-state index is 6.18. The number of hydrogen-bond donors (Lipinski definition) is 0. The Hall–Kier alpha value is 0.120. The van der Waals surface area contributed by atoms with Crippen LogP contribution >= 0.6 is 8.58 Å². The summed E-state index contributed by atoms with van der Waals surface area (Å²) in [7, 11) is 6.18. The monoisotopic (exact) mass is 358 g/mol. The predicted molar refractivity (Wildman–Crippen MR) is 53.3 cm³/mol. The molecule has 0 saturated carbocycles. The summed E-state index contributed by atoms with van der Waals surface area (Å²) in [5.74, 6) is 0. The van der Waals surface area contributed by atoms with Crippen molar-refractivity contribution in [2.24, 2.45) is 0 Å². The first-order valence-electron chi connectivity index (χ1n) is 4.49. The van der Waals surface area contributed by atoms with Crippen molar-refractivity contribution in [3.63, 3.8) is 0 Å². The minimum atomic E-state index is -0.949. The molecule has 0 nitrogen and oxygen atoms in total. The molecule has 2 aliphatic carbocycles. The van der Waals surface area contributed by atoms with Gasteiger partial charge in [-0.2, -0.15) is 0 Å². The maximum atomic E-state index is 6.18. The van der Waals surface area contributed by atoms with Gasteiger partial charge in [-0.05, 0) is 0 Å². The quantitative estimate of drug-likeness (QED) is 0.675. The predicted octanol–water partition coefficient (Wildman–Crippen LogP) is 3.78. The number of allylic oxidation sites excluding steroid dienone is 8. The molecule has 0 N–H and O–H groups in total. The molecule has 0 unspecified atom stereocenters. The summed E-state index contributed by atoms with van der Waals surface area (Å²) in [6, 6.07) is 0. The van der Waals surface area contributed by atoms with Crippen LogP contribution in [-0.2, 0) is 21.7 Å². The zero-order valence-electron chi connectivity index (χ0n) is 7.33. The first-order chi connectivity index (χ1) is 6.42. The van der Waals surface area contributed by atoms with E-state index in [0.717, 1.165) is 12.8 Å². The molecule has 0 bridgehead atoms. The van der Waals surface area contributed by atoms with Crippen LogP contribution in [0, 0.1) is 0 Å². The third kappa shape index (κ3) is 2.13. The summed E-state index contributed by atoms with van der Waals surface area (Å²) < 4.78 is 0.659. The van der Waals surface area contributed by atoms with E-state index in [1.807, 2.05) is 0 Å². The van der Waals surface area contributed by atoms with E-state index >= 15 is 0 Å². The van der Waals surface area contributed by atoms with Crippen LogP contribution in [0.4, 0.5) is 0 Å². The Morgan fingerprint density at radius 3 is 1.92 bits per heavy atom. The molecule has 0 heterocycles. The fraction of sp³-hybridized carbons (Fsp3) is 0.273. The van der Waals surface area contributed by atoms with Gasteiger partial charge in [0.15, 0.2) is 0 Å². The number of rotatable bonds is 3. The van der Waals surface area contributed by atoms with E-state index in [4.69, 9.17) is 8.58 Å². The zero-order valence-corrected chi connectivity index (χ0v) is 11.7. The molecule has 2 heteroatoms. The Labute approximate surface area is 94.0 Å². The number of hydrogen-bond acceptors (Lipinski definition) is 0. The topological polar surface area (TPSA) is 0 Å². The Bertz CT molecular complexity index is 280. The van der Waals surface area contributed by atoms with Crippen molar-refractivity contribution in [1.29, 1.82) is 0 Å². The minimum absolute atomic E-state index is 0.659. The second-order valence-electron chi connectivity index (χ2n) is 3.29. The molecule has 2 rings (SSSR count). The van der Waals surface area contributed by atoms with Gasteiger partial charge < -0.3 is 0 Å². The molecule has 0 aliphatic heterocycles. The molecule has 13 heavy (non-hydrogen) atoms. The number of halogens is 1. The summed E-state index contributed by atoms with van der Waals surface area (Å²) in [5, 5.41) is 0. The van der Waals surface area contributed by atoms with Crippen molar-refractivity contribution in [2.45, 2.75) is 16.5 Å². The second kappa shape index (κ2) is 4.56. The summed E-state index contributed by atoms with van der Waals surface area (Å²) in [6.07, 6.45) is 15.5. The van der Waals surface area contributed by atoms with Crippen molar-refractivity contribution in [2.75, 3.05) is 0 Å². The molecule has 0 radical (unpaired) electrons. The molecule has 2 aliphatic rings. The van der Waals surface area contributed by atoms with Crippen molar-refractivity contribution in [1.82, 2.24) is 0 Å². The first kappa shape index (κ1) is 9.67. The molecule has 0 aromatic heterocycles. The van der Waals surface area contributed by atoms with Gasteiger partial charge in [-0.25, -0.2) is 0 Å². The van der Waals surface area contributed by atoms with E-state index < -0.39 is 21.7 Å². The zero-order chi connectivity index (χ0) is 9.10. The van der Waals surface area contributed by atoms with Crippen LogP contribution < -0.4 is 0 Å². The van der Waals surface area contributed by atoms with E-state index in [1.54, 1.807) is 11.1 Å². The van der Waals surface area contributed by atoms with Crippen molar-refractivity contribution in [3.8, 4) is 0 Å². The van der Waals surface area contributed by atoms with E-state index in [0.29, 0.717) is 3.67 Å². The van der Waals surface area contributed by atoms with E-state index in [1.165, 1.54) is 0 Å². The van der Waals surface area contributed by atoms with Gasteiger partial charge in [0.05, 0.1) is 0 Å². The molecule has 0 saturated heterocycles. The second-order valence-corrected chi connectivity index (χ2v) is 7.93. The average Bonchev–Trinajstić information content (AvgIpc) is 2.76. The van der Waals surface area contributed by atoms with Crippen LogP contribution in [0.15, 0.2) is 47.6 Å². The van der Waals surface area contributed by atoms with Gasteiger partial charge in [0.25, 0.3) is 0 Å². The fourth-order valence-corrected chi connectivity index (χ4v) is 6.57. The molecule has 0 fully saturated rings. The van der Waals surface area contributed by atoms with Gasteiger partial charge in [-0.15, -0.1) is 0 Å². The summed E-state index contributed by atoms with van der Waals surface area (Å²) in [5.41, 5.74) is 3.10. The van der Waals surface area contributed by atoms with E-state index in [2.05, 4.69) is 36.5 Å². The van der Waals surface area contributed by atoms with Crippen LogP contribution in [0.1, 0.15) is 12.8 Å². The van der Waals surface area contributed by atoms with Gasteiger partial charge >= 0.3 is 94.4 Å². The molecule has 0 atom stereocenters. The van der Waals surface area contributed by atoms with Gasteiger partial charge in [0.1, 0.15) is 0 Å². The molecular weight excluding hydrogens is 346 g/mol. The normalized spacial score (nSPS) is 19.5. The van der Waals surface area contributed by atoms with Gasteiger partial charge in [0, 0.05) is 0 Å². The average molecular weight is 357 g/mol. The summed E-state index contributed by atoms with van der Waals surface area (Å²) in [6.45, 7) is 0. The van der Waals surface area contributed by atoms with Crippen LogP contribution in [0.2, 0.25) is 3.67 Å². The van der Waals surface area contributed by atoms with Crippen LogP contribution in [0.3, 0.4) is 0 Å². The van der Waals surface area contributed by atoms with Crippen LogP contribution in [0.5, 0.6) is 0 Å². The first-order valence-corrected chi connectivity index (χ1v) is 11.0. The molecule has 66 valence electrons. The Morgan fingerprint density at radius 2 is 1.62 bits per heavy atom. The van der Waals surface area contributed by atoms with Crippen molar-refractivity contribution >= 4 is 8.58 Å². The van der Waals surface area contributed by atoms with Gasteiger partial charge in [0.2, 0.25) is 0 Å². The van der Waals surface area contributed by atoms with E-state index in [9.17, 15) is 0 Å². The van der Waals surface area contributed by atoms with Crippen molar-refractivity contribution < 1.29 is 21.7 Å². The van der Waals surface area contributed by atoms with E-state index in [-0.39, 0.29) is 0 Å². The Balaban J connectivity index is 2.09. The van der Waals surface area contributed by atoms with Gasteiger partial charge in [-0.3, -0.25) is 0 Å². The molecule has 0 spiro atoms. The Kier molecular flexibility index (Phi) is 3.39. The third-order valence-electron chi connectivity index (χ3n) is 2.45. The third-order valence-corrected chi connectivity index (χ3v) is 7.69. The molecule has 0 aromatic rings. The van der Waals surface area contributed by atoms with Crippen LogP contribution in [-0.4, -0.2) is 0 Å². The Morgan fingerprint density at radius 1 is 1.08 bits per heavy atom. The SMILES string of the molecule is [Cl][Hf][CH](C1=CC=CC1)C1=CC=CC1. The fourth-order valence-electron chi connectivity index (χ4n) is 1.73. The molecule has 0 aromatic carbocycles. The van der Waals surface area contributed by atoms with Crippen LogP contribution in [0.25, 0.3) is 0 Å². The standard InChI is InChI=1S/C11H11.ClH.Hf/c1-2-6-10(5-1)9-11-7-3-4-8-11;;/h1-5,7,9H,6,8H2;1H;/q;;+1/p-1. The molecule has 0 amide bonds.